The molecule has 0 saturated carbocycles. The first kappa shape index (κ1) is 20.7. The molecule has 12 heteroatoms. The van der Waals surface area contributed by atoms with Crippen molar-refractivity contribution < 1.29 is 36.3 Å². The quantitative estimate of drug-likeness (QED) is 0.622. The second-order valence-electron chi connectivity index (χ2n) is 5.58. The Labute approximate surface area is 153 Å². The Kier molecular flexibility index (Phi) is 6.44. The maximum atomic E-state index is 13.1. The summed E-state index contributed by atoms with van der Waals surface area (Å²) in [6, 6.07) is 1.47. The van der Waals surface area contributed by atoms with Crippen LogP contribution in [-0.4, -0.2) is 57.0 Å². The van der Waals surface area contributed by atoms with Crippen molar-refractivity contribution in [3.63, 3.8) is 0 Å². The molecule has 0 spiro atoms. The van der Waals surface area contributed by atoms with Crippen LogP contribution >= 0.6 is 0 Å². The summed E-state index contributed by atoms with van der Waals surface area (Å²) in [6.07, 6.45) is -1.63. The number of hydrogen-bond donors (Lipinski definition) is 2. The van der Waals surface area contributed by atoms with Crippen LogP contribution in [0.2, 0.25) is 0 Å². The number of imide groups is 1. The highest BCUT2D eigenvalue weighted by atomic mass is 32.2. The van der Waals surface area contributed by atoms with Gasteiger partial charge in [0, 0.05) is 19.6 Å². The first-order valence-electron chi connectivity index (χ1n) is 7.85. The number of halogens is 2. The van der Waals surface area contributed by atoms with E-state index in [9.17, 15) is 31.6 Å². The summed E-state index contributed by atoms with van der Waals surface area (Å²) < 4.78 is 56.8. The van der Waals surface area contributed by atoms with Gasteiger partial charge in [-0.05, 0) is 25.1 Å². The van der Waals surface area contributed by atoms with Crippen molar-refractivity contribution in [3.05, 3.63) is 29.8 Å². The maximum Gasteiger partial charge on any atom is 0.324 e. The third-order valence-electron chi connectivity index (χ3n) is 3.60. The van der Waals surface area contributed by atoms with Crippen molar-refractivity contribution in [2.75, 3.05) is 19.6 Å². The zero-order valence-electron chi connectivity index (χ0n) is 14.2. The van der Waals surface area contributed by atoms with Crippen LogP contribution in [0.1, 0.15) is 13.3 Å². The van der Waals surface area contributed by atoms with E-state index in [1.54, 1.807) is 0 Å². The maximum absolute atomic E-state index is 13.1. The molecule has 0 radical (unpaired) electrons. The van der Waals surface area contributed by atoms with Crippen molar-refractivity contribution in [1.29, 1.82) is 0 Å². The minimum atomic E-state index is -4.15. The van der Waals surface area contributed by atoms with E-state index in [1.807, 2.05) is 4.72 Å². The number of ether oxygens (including phenoxy) is 1. The zero-order chi connectivity index (χ0) is 20.2. The largest absolute Gasteiger partial charge is 0.452 e. The molecule has 1 saturated heterocycles. The SMILES string of the molecule is C[C@H](OC(=O)CCNS(=O)(=O)c1ccc(F)c(F)c1)C(=O)N1CCNC1=O. The molecule has 2 N–H and O–H groups in total. The number of sulfonamides is 1. The van der Waals surface area contributed by atoms with E-state index in [0.29, 0.717) is 18.7 Å². The lowest BCUT2D eigenvalue weighted by Gasteiger charge is -2.18. The van der Waals surface area contributed by atoms with Gasteiger partial charge in [-0.25, -0.2) is 26.7 Å². The van der Waals surface area contributed by atoms with Crippen LogP contribution in [0.3, 0.4) is 0 Å². The lowest BCUT2D eigenvalue weighted by molar-refractivity contribution is -0.157. The van der Waals surface area contributed by atoms with E-state index in [-0.39, 0.29) is 13.1 Å². The first-order valence-corrected chi connectivity index (χ1v) is 9.33. The normalized spacial score (nSPS) is 15.4. The number of esters is 1. The van der Waals surface area contributed by atoms with Crippen molar-refractivity contribution in [2.24, 2.45) is 0 Å². The molecule has 1 atom stereocenters. The van der Waals surface area contributed by atoms with Gasteiger partial charge >= 0.3 is 12.0 Å². The van der Waals surface area contributed by atoms with Gasteiger partial charge in [-0.2, -0.15) is 0 Å². The molecule has 0 bridgehead atoms. The number of benzene rings is 1. The van der Waals surface area contributed by atoms with E-state index in [2.05, 4.69) is 5.32 Å². The van der Waals surface area contributed by atoms with Gasteiger partial charge in [0.05, 0.1) is 11.3 Å². The molecule has 1 aliphatic heterocycles. The van der Waals surface area contributed by atoms with E-state index >= 15 is 0 Å². The molecule has 0 unspecified atom stereocenters. The van der Waals surface area contributed by atoms with Crippen LogP contribution in [0, 0.1) is 11.6 Å². The summed E-state index contributed by atoms with van der Waals surface area (Å²) in [6.45, 7) is 1.37. The second kappa shape index (κ2) is 8.39. The van der Waals surface area contributed by atoms with Crippen LogP contribution in [0.4, 0.5) is 13.6 Å². The van der Waals surface area contributed by atoms with Crippen LogP contribution in [0.5, 0.6) is 0 Å². The lowest BCUT2D eigenvalue weighted by Crippen LogP contribution is -2.42. The van der Waals surface area contributed by atoms with E-state index in [1.165, 1.54) is 6.92 Å². The molecular formula is C15H17F2N3O6S. The zero-order valence-corrected chi connectivity index (χ0v) is 15.0. The van der Waals surface area contributed by atoms with Gasteiger partial charge < -0.3 is 10.1 Å². The summed E-state index contributed by atoms with van der Waals surface area (Å²) in [5.74, 6) is -4.08. The Morgan fingerprint density at radius 1 is 1.33 bits per heavy atom. The average Bonchev–Trinajstić information content (AvgIpc) is 3.02. The third kappa shape index (κ3) is 5.20. The fraction of sp³-hybridized carbons (Fsp3) is 0.400. The predicted molar refractivity (Wildman–Crippen MR) is 86.8 cm³/mol. The molecular weight excluding hydrogens is 388 g/mol. The molecule has 3 amide bonds. The highest BCUT2D eigenvalue weighted by Crippen LogP contribution is 2.13. The van der Waals surface area contributed by atoms with Gasteiger partial charge in [-0.3, -0.25) is 14.5 Å². The van der Waals surface area contributed by atoms with E-state index in [4.69, 9.17) is 4.74 Å². The van der Waals surface area contributed by atoms with Gasteiger partial charge in [0.15, 0.2) is 17.7 Å². The fourth-order valence-electron chi connectivity index (χ4n) is 2.22. The van der Waals surface area contributed by atoms with E-state index < -0.39 is 57.0 Å². The van der Waals surface area contributed by atoms with Crippen molar-refractivity contribution in [3.8, 4) is 0 Å². The van der Waals surface area contributed by atoms with Crippen LogP contribution in [0.15, 0.2) is 23.1 Å². The summed E-state index contributed by atoms with van der Waals surface area (Å²) in [4.78, 5) is 35.5. The number of rotatable bonds is 7. The van der Waals surface area contributed by atoms with Crippen molar-refractivity contribution in [1.82, 2.24) is 14.9 Å². The number of nitrogens with one attached hydrogen (secondary N) is 2. The smallest absolute Gasteiger partial charge is 0.324 e. The lowest BCUT2D eigenvalue weighted by atomic mass is 10.3. The highest BCUT2D eigenvalue weighted by Gasteiger charge is 2.31. The Balaban J connectivity index is 1.83. The summed E-state index contributed by atoms with van der Waals surface area (Å²) in [5, 5.41) is 2.43. The van der Waals surface area contributed by atoms with E-state index in [0.717, 1.165) is 11.0 Å². The Hall–Kier alpha value is -2.60. The molecule has 148 valence electrons. The van der Waals surface area contributed by atoms with Gasteiger partial charge in [0.25, 0.3) is 5.91 Å². The molecule has 1 aromatic rings. The number of urea groups is 1. The number of carbonyl (C=O) groups is 3. The minimum absolute atomic E-state index is 0.160. The highest BCUT2D eigenvalue weighted by molar-refractivity contribution is 7.89. The summed E-state index contributed by atoms with van der Waals surface area (Å²) in [7, 11) is -4.15. The van der Waals surface area contributed by atoms with Gasteiger partial charge in [0.2, 0.25) is 10.0 Å². The Morgan fingerprint density at radius 3 is 2.63 bits per heavy atom. The molecule has 27 heavy (non-hydrogen) atoms. The molecule has 1 aromatic carbocycles. The fourth-order valence-corrected chi connectivity index (χ4v) is 3.27. The van der Waals surface area contributed by atoms with Crippen LogP contribution < -0.4 is 10.0 Å². The average molecular weight is 405 g/mol. The Bertz CT molecular complexity index is 861. The third-order valence-corrected chi connectivity index (χ3v) is 5.06. The summed E-state index contributed by atoms with van der Waals surface area (Å²) in [5.41, 5.74) is 0. The molecule has 1 heterocycles. The molecule has 0 aromatic heterocycles. The number of nitrogens with zero attached hydrogens (tertiary/aromatic N) is 1. The molecule has 9 nitrogen and oxygen atoms in total. The molecule has 1 fully saturated rings. The Morgan fingerprint density at radius 2 is 2.04 bits per heavy atom. The number of hydrogen-bond acceptors (Lipinski definition) is 6. The monoisotopic (exact) mass is 405 g/mol. The standard InChI is InChI=1S/C15H17F2N3O6S/c1-9(14(22)20-7-6-18-15(20)23)26-13(21)4-5-19-27(24,25)10-2-3-11(16)12(17)8-10/h2-3,8-9,19H,4-7H2,1H3,(H,18,23)/t9-/m0/s1. The van der Waals surface area contributed by atoms with Crippen LogP contribution in [-0.2, 0) is 24.3 Å². The van der Waals surface area contributed by atoms with Gasteiger partial charge in [-0.1, -0.05) is 0 Å². The minimum Gasteiger partial charge on any atom is -0.452 e. The van der Waals surface area contributed by atoms with Crippen molar-refractivity contribution in [2.45, 2.75) is 24.3 Å². The molecule has 2 rings (SSSR count). The number of amides is 3. The van der Waals surface area contributed by atoms with Crippen LogP contribution in [0.25, 0.3) is 0 Å². The van der Waals surface area contributed by atoms with Gasteiger partial charge in [-0.15, -0.1) is 0 Å². The number of carbonyl (C=O) groups excluding carboxylic acids is 3. The second-order valence-corrected chi connectivity index (χ2v) is 7.34. The first-order chi connectivity index (χ1) is 12.6. The van der Waals surface area contributed by atoms with Gasteiger partial charge in [0.1, 0.15) is 0 Å². The molecule has 0 aliphatic carbocycles. The summed E-state index contributed by atoms with van der Waals surface area (Å²) >= 11 is 0. The predicted octanol–water partition coefficient (Wildman–Crippen LogP) is 0.117. The molecule has 1 aliphatic rings. The van der Waals surface area contributed by atoms with Crippen molar-refractivity contribution >= 4 is 27.9 Å². The topological polar surface area (TPSA) is 122 Å².